The molecule has 0 aromatic heterocycles. The third-order valence-electron chi connectivity index (χ3n) is 6.97. The number of fused-ring (bicyclic) bond motifs is 3. The Morgan fingerprint density at radius 1 is 1.06 bits per heavy atom. The summed E-state index contributed by atoms with van der Waals surface area (Å²) < 4.78 is 10.9. The Kier molecular flexibility index (Phi) is 7.12. The molecule has 1 aliphatic carbocycles. The van der Waals surface area contributed by atoms with Gasteiger partial charge >= 0.3 is 12.1 Å². The second kappa shape index (κ2) is 10.1. The predicted molar refractivity (Wildman–Crippen MR) is 130 cm³/mol. The lowest BCUT2D eigenvalue weighted by molar-refractivity contribution is -0.148. The summed E-state index contributed by atoms with van der Waals surface area (Å²) in [6, 6.07) is 15.7. The molecule has 186 valence electrons. The minimum atomic E-state index is -0.978. The first-order valence-electron chi connectivity index (χ1n) is 11.9. The van der Waals surface area contributed by atoms with Crippen molar-refractivity contribution in [2.75, 3.05) is 32.9 Å². The van der Waals surface area contributed by atoms with Crippen LogP contribution >= 0.6 is 0 Å². The largest absolute Gasteiger partial charge is 0.481 e. The van der Waals surface area contributed by atoms with Gasteiger partial charge in [-0.1, -0.05) is 48.5 Å². The molecular weight excluding hydrogens is 448 g/mol. The van der Waals surface area contributed by atoms with Gasteiger partial charge in [-0.15, -0.1) is 0 Å². The standard InChI is InChI=1S/C27H32N2O6/c1-4-29(23-15-34-13-22(23)24(30)31)25(32)27(2,3)16-28-26(33)35-14-21-19-11-7-5-9-17(19)18-10-6-8-12-20(18)21/h5-12,21-23H,4,13-16H2,1-3H3,(H,28,33)(H,30,31). The highest BCUT2D eigenvalue weighted by molar-refractivity contribution is 5.84. The normalized spacial score (nSPS) is 19.1. The number of alkyl carbamates (subject to hydrolysis) is 1. The van der Waals surface area contributed by atoms with E-state index in [0.29, 0.717) is 6.54 Å². The number of nitrogens with one attached hydrogen (secondary N) is 1. The van der Waals surface area contributed by atoms with E-state index < -0.39 is 29.4 Å². The van der Waals surface area contributed by atoms with E-state index in [9.17, 15) is 19.5 Å². The minimum absolute atomic E-state index is 0.0475. The van der Waals surface area contributed by atoms with Gasteiger partial charge in [0.2, 0.25) is 5.91 Å². The zero-order valence-corrected chi connectivity index (χ0v) is 20.3. The van der Waals surface area contributed by atoms with Gasteiger partial charge in [0.1, 0.15) is 12.5 Å². The Morgan fingerprint density at radius 3 is 2.23 bits per heavy atom. The lowest BCUT2D eigenvalue weighted by Crippen LogP contribution is -2.53. The number of nitrogens with zero attached hydrogens (tertiary/aromatic N) is 1. The van der Waals surface area contributed by atoms with Gasteiger partial charge in [0, 0.05) is 19.0 Å². The first-order valence-corrected chi connectivity index (χ1v) is 11.9. The third kappa shape index (κ3) is 4.89. The van der Waals surface area contributed by atoms with E-state index in [1.807, 2.05) is 31.2 Å². The molecule has 1 saturated heterocycles. The Hall–Kier alpha value is -3.39. The molecule has 0 radical (unpaired) electrons. The molecule has 1 aliphatic heterocycles. The van der Waals surface area contributed by atoms with E-state index >= 15 is 0 Å². The van der Waals surface area contributed by atoms with Crippen LogP contribution in [0.15, 0.2) is 48.5 Å². The molecule has 4 rings (SSSR count). The fourth-order valence-electron chi connectivity index (χ4n) is 5.02. The Bertz CT molecular complexity index is 1070. The topological polar surface area (TPSA) is 105 Å². The molecule has 2 N–H and O–H groups in total. The molecule has 0 spiro atoms. The summed E-state index contributed by atoms with van der Waals surface area (Å²) in [5.41, 5.74) is 3.61. The number of rotatable bonds is 8. The van der Waals surface area contributed by atoms with E-state index in [4.69, 9.17) is 9.47 Å². The Balaban J connectivity index is 1.36. The molecule has 0 saturated carbocycles. The number of hydrogen-bond acceptors (Lipinski definition) is 5. The highest BCUT2D eigenvalue weighted by atomic mass is 16.5. The van der Waals surface area contributed by atoms with Gasteiger partial charge < -0.3 is 24.8 Å². The van der Waals surface area contributed by atoms with E-state index in [-0.39, 0.29) is 38.2 Å². The van der Waals surface area contributed by atoms with Gasteiger partial charge in [-0.2, -0.15) is 0 Å². The van der Waals surface area contributed by atoms with Gasteiger partial charge in [-0.05, 0) is 43.0 Å². The predicted octanol–water partition coefficient (Wildman–Crippen LogP) is 3.50. The average molecular weight is 481 g/mol. The summed E-state index contributed by atoms with van der Waals surface area (Å²) >= 11 is 0. The third-order valence-corrected chi connectivity index (χ3v) is 6.97. The average Bonchev–Trinajstić information content (AvgIpc) is 3.45. The van der Waals surface area contributed by atoms with E-state index in [1.165, 1.54) is 0 Å². The summed E-state index contributed by atoms with van der Waals surface area (Å²) in [6.07, 6.45) is -0.594. The molecule has 2 aromatic rings. The van der Waals surface area contributed by atoms with Gasteiger partial charge in [0.05, 0.1) is 24.7 Å². The van der Waals surface area contributed by atoms with E-state index in [0.717, 1.165) is 22.3 Å². The lowest BCUT2D eigenvalue weighted by atomic mass is 9.89. The number of amides is 2. The molecule has 0 bridgehead atoms. The summed E-state index contributed by atoms with van der Waals surface area (Å²) in [7, 11) is 0. The highest BCUT2D eigenvalue weighted by Gasteiger charge is 2.43. The number of carbonyl (C=O) groups excluding carboxylic acids is 2. The summed E-state index contributed by atoms with van der Waals surface area (Å²) in [5.74, 6) is -2.02. The fraction of sp³-hybridized carbons (Fsp3) is 0.444. The fourth-order valence-corrected chi connectivity index (χ4v) is 5.02. The molecule has 2 amide bonds. The van der Waals surface area contributed by atoms with Crippen molar-refractivity contribution in [3.05, 3.63) is 59.7 Å². The van der Waals surface area contributed by atoms with Crippen molar-refractivity contribution in [2.45, 2.75) is 32.7 Å². The Morgan fingerprint density at radius 2 is 1.66 bits per heavy atom. The monoisotopic (exact) mass is 480 g/mol. The zero-order chi connectivity index (χ0) is 25.2. The van der Waals surface area contributed by atoms with Crippen LogP contribution in [-0.2, 0) is 19.1 Å². The van der Waals surface area contributed by atoms with Crippen molar-refractivity contribution in [1.82, 2.24) is 10.2 Å². The number of carboxylic acid groups (broad SMARTS) is 1. The van der Waals surface area contributed by atoms with Crippen molar-refractivity contribution < 1.29 is 29.0 Å². The number of carboxylic acids is 1. The molecule has 2 aliphatic rings. The van der Waals surface area contributed by atoms with Gasteiger partial charge in [-0.25, -0.2) is 4.79 Å². The molecule has 2 atom stereocenters. The van der Waals surface area contributed by atoms with Gasteiger partial charge in [0.15, 0.2) is 0 Å². The van der Waals surface area contributed by atoms with Crippen molar-refractivity contribution in [3.8, 4) is 11.1 Å². The summed E-state index contributed by atoms with van der Waals surface area (Å²) in [4.78, 5) is 39.0. The second-order valence-corrected chi connectivity index (χ2v) is 9.70. The number of hydrogen-bond donors (Lipinski definition) is 2. The van der Waals surface area contributed by atoms with Crippen LogP contribution in [0.25, 0.3) is 11.1 Å². The van der Waals surface area contributed by atoms with Crippen molar-refractivity contribution in [3.63, 3.8) is 0 Å². The lowest BCUT2D eigenvalue weighted by Gasteiger charge is -2.36. The molecule has 35 heavy (non-hydrogen) atoms. The molecule has 2 aromatic carbocycles. The first kappa shape index (κ1) is 24.7. The van der Waals surface area contributed by atoms with Crippen LogP contribution < -0.4 is 5.32 Å². The molecule has 8 heteroatoms. The molecule has 1 fully saturated rings. The van der Waals surface area contributed by atoms with E-state index in [2.05, 4.69) is 29.6 Å². The second-order valence-electron chi connectivity index (χ2n) is 9.70. The maximum atomic E-state index is 13.3. The summed E-state index contributed by atoms with van der Waals surface area (Å²) in [6.45, 7) is 6.14. The number of likely N-dealkylation sites (N-methyl/N-ethyl adjacent to an activating group) is 1. The zero-order valence-electron chi connectivity index (χ0n) is 20.3. The molecule has 2 unspecified atom stereocenters. The summed E-state index contributed by atoms with van der Waals surface area (Å²) in [5, 5.41) is 12.2. The van der Waals surface area contributed by atoms with Crippen molar-refractivity contribution in [1.29, 1.82) is 0 Å². The van der Waals surface area contributed by atoms with E-state index in [1.54, 1.807) is 18.7 Å². The van der Waals surface area contributed by atoms with Crippen LogP contribution in [0.4, 0.5) is 4.79 Å². The first-order chi connectivity index (χ1) is 16.7. The molecular formula is C27H32N2O6. The van der Waals surface area contributed by atoms with Crippen LogP contribution in [-0.4, -0.2) is 66.9 Å². The van der Waals surface area contributed by atoms with Crippen LogP contribution in [0, 0.1) is 11.3 Å². The number of ether oxygens (including phenoxy) is 2. The van der Waals surface area contributed by atoms with Crippen molar-refractivity contribution >= 4 is 18.0 Å². The van der Waals surface area contributed by atoms with Crippen LogP contribution in [0.2, 0.25) is 0 Å². The SMILES string of the molecule is CCN(C(=O)C(C)(C)CNC(=O)OCC1c2ccccc2-c2ccccc21)C1COCC1C(=O)O. The van der Waals surface area contributed by atoms with Crippen molar-refractivity contribution in [2.24, 2.45) is 11.3 Å². The number of benzene rings is 2. The van der Waals surface area contributed by atoms with Crippen LogP contribution in [0.5, 0.6) is 0 Å². The Labute approximate surface area is 205 Å². The van der Waals surface area contributed by atoms with Gasteiger partial charge in [0.25, 0.3) is 0 Å². The highest BCUT2D eigenvalue weighted by Crippen LogP contribution is 2.44. The molecule has 1 heterocycles. The number of aliphatic carboxylic acids is 1. The van der Waals surface area contributed by atoms with Gasteiger partial charge in [-0.3, -0.25) is 9.59 Å². The molecule has 8 nitrogen and oxygen atoms in total. The smallest absolute Gasteiger partial charge is 0.407 e. The maximum Gasteiger partial charge on any atom is 0.407 e. The quantitative estimate of drug-likeness (QED) is 0.599. The van der Waals surface area contributed by atoms with Crippen LogP contribution in [0.1, 0.15) is 37.8 Å². The minimum Gasteiger partial charge on any atom is -0.481 e. The number of carbonyl (C=O) groups is 3. The maximum absolute atomic E-state index is 13.3. The van der Waals surface area contributed by atoms with Crippen LogP contribution in [0.3, 0.4) is 0 Å².